The second kappa shape index (κ2) is 8.53. The van der Waals surface area contributed by atoms with Crippen LogP contribution in [0.4, 0.5) is 5.69 Å². The second-order valence-electron chi connectivity index (χ2n) is 4.59. The fourth-order valence-corrected chi connectivity index (χ4v) is 1.96. The lowest BCUT2D eigenvalue weighted by atomic mass is 10.2. The van der Waals surface area contributed by atoms with Gasteiger partial charge in [0.2, 0.25) is 0 Å². The number of hydrogen-bond acceptors (Lipinski definition) is 3. The van der Waals surface area contributed by atoms with E-state index >= 15 is 0 Å². The Morgan fingerprint density at radius 1 is 1.32 bits per heavy atom. The standard InChI is InChI=1S/C15H24N2O2/c1-3-17(4-2)12-13-7-5-8-14(11-13)16-10-6-9-15(18)19/h5,7-8,11,16H,3-4,6,9-10,12H2,1-2H3,(H,18,19). The first-order chi connectivity index (χ1) is 9.15. The Hall–Kier alpha value is -1.55. The zero-order chi connectivity index (χ0) is 14.1. The number of hydrogen-bond donors (Lipinski definition) is 2. The van der Waals surface area contributed by atoms with E-state index in [1.54, 1.807) is 0 Å². The maximum atomic E-state index is 10.4. The van der Waals surface area contributed by atoms with E-state index < -0.39 is 5.97 Å². The number of rotatable bonds is 9. The monoisotopic (exact) mass is 264 g/mol. The third-order valence-electron chi connectivity index (χ3n) is 3.12. The Labute approximate surface area is 115 Å². The lowest BCUT2D eigenvalue weighted by molar-refractivity contribution is -0.137. The van der Waals surface area contributed by atoms with Crippen LogP contribution >= 0.6 is 0 Å². The van der Waals surface area contributed by atoms with Gasteiger partial charge in [0, 0.05) is 25.2 Å². The van der Waals surface area contributed by atoms with E-state index in [9.17, 15) is 4.79 Å². The summed E-state index contributed by atoms with van der Waals surface area (Å²) in [6.45, 7) is 8.08. The van der Waals surface area contributed by atoms with Gasteiger partial charge in [0.25, 0.3) is 0 Å². The van der Waals surface area contributed by atoms with Crippen LogP contribution in [0, 0.1) is 0 Å². The summed E-state index contributed by atoms with van der Waals surface area (Å²) < 4.78 is 0. The molecule has 0 radical (unpaired) electrons. The molecular weight excluding hydrogens is 240 g/mol. The van der Waals surface area contributed by atoms with Crippen molar-refractivity contribution in [3.63, 3.8) is 0 Å². The summed E-state index contributed by atoms with van der Waals surface area (Å²) in [6.07, 6.45) is 0.863. The van der Waals surface area contributed by atoms with Gasteiger partial charge in [-0.3, -0.25) is 9.69 Å². The molecule has 4 nitrogen and oxygen atoms in total. The van der Waals surface area contributed by atoms with Gasteiger partial charge in [-0.2, -0.15) is 0 Å². The van der Waals surface area contributed by atoms with Crippen molar-refractivity contribution in [2.24, 2.45) is 0 Å². The molecule has 0 bridgehead atoms. The summed E-state index contributed by atoms with van der Waals surface area (Å²) in [5.74, 6) is -0.739. The molecule has 0 aromatic heterocycles. The van der Waals surface area contributed by atoms with Crippen molar-refractivity contribution in [2.45, 2.75) is 33.2 Å². The maximum Gasteiger partial charge on any atom is 0.303 e. The van der Waals surface area contributed by atoms with Crippen LogP contribution in [0.25, 0.3) is 0 Å². The van der Waals surface area contributed by atoms with Gasteiger partial charge in [-0.25, -0.2) is 0 Å². The van der Waals surface area contributed by atoms with Crippen molar-refractivity contribution in [1.29, 1.82) is 0 Å². The molecule has 0 amide bonds. The van der Waals surface area contributed by atoms with E-state index in [2.05, 4.69) is 36.2 Å². The Bertz CT molecular complexity index is 389. The maximum absolute atomic E-state index is 10.4. The first kappa shape index (κ1) is 15.5. The van der Waals surface area contributed by atoms with E-state index in [-0.39, 0.29) is 6.42 Å². The minimum absolute atomic E-state index is 0.214. The van der Waals surface area contributed by atoms with E-state index in [1.807, 2.05) is 12.1 Å². The molecule has 106 valence electrons. The zero-order valence-electron chi connectivity index (χ0n) is 11.9. The van der Waals surface area contributed by atoms with Gasteiger partial charge >= 0.3 is 5.97 Å². The fourth-order valence-electron chi connectivity index (χ4n) is 1.96. The average Bonchev–Trinajstić information content (AvgIpc) is 2.41. The molecule has 0 spiro atoms. The summed E-state index contributed by atoms with van der Waals surface area (Å²) in [5, 5.41) is 11.8. The third-order valence-corrected chi connectivity index (χ3v) is 3.12. The predicted molar refractivity (Wildman–Crippen MR) is 78.4 cm³/mol. The topological polar surface area (TPSA) is 52.6 Å². The van der Waals surface area contributed by atoms with Crippen molar-refractivity contribution >= 4 is 11.7 Å². The molecule has 1 aromatic carbocycles. The van der Waals surface area contributed by atoms with E-state index in [1.165, 1.54) is 5.56 Å². The number of anilines is 1. The number of nitrogens with one attached hydrogen (secondary N) is 1. The van der Waals surface area contributed by atoms with Gasteiger partial charge in [0.1, 0.15) is 0 Å². The van der Waals surface area contributed by atoms with Crippen LogP contribution < -0.4 is 5.32 Å². The number of aliphatic carboxylic acids is 1. The smallest absolute Gasteiger partial charge is 0.303 e. The van der Waals surface area contributed by atoms with Crippen molar-refractivity contribution in [3.05, 3.63) is 29.8 Å². The summed E-state index contributed by atoms with van der Waals surface area (Å²) in [6, 6.07) is 8.32. The highest BCUT2D eigenvalue weighted by Gasteiger charge is 2.02. The number of carbonyl (C=O) groups is 1. The SMILES string of the molecule is CCN(CC)Cc1cccc(NCCCC(=O)O)c1. The van der Waals surface area contributed by atoms with Crippen LogP contribution in [0.5, 0.6) is 0 Å². The van der Waals surface area contributed by atoms with Gasteiger partial charge in [-0.1, -0.05) is 26.0 Å². The first-order valence-corrected chi connectivity index (χ1v) is 6.92. The largest absolute Gasteiger partial charge is 0.481 e. The minimum Gasteiger partial charge on any atom is -0.481 e. The van der Waals surface area contributed by atoms with Crippen molar-refractivity contribution in [2.75, 3.05) is 25.0 Å². The summed E-state index contributed by atoms with van der Waals surface area (Å²) >= 11 is 0. The molecule has 0 aliphatic rings. The molecule has 2 N–H and O–H groups in total. The predicted octanol–water partition coefficient (Wildman–Crippen LogP) is 2.81. The molecule has 0 aliphatic heterocycles. The van der Waals surface area contributed by atoms with E-state index in [0.717, 1.165) is 25.3 Å². The molecule has 0 aliphatic carbocycles. The molecule has 0 fully saturated rings. The quantitative estimate of drug-likeness (QED) is 0.673. The molecule has 0 unspecified atom stereocenters. The van der Waals surface area contributed by atoms with E-state index in [4.69, 9.17) is 5.11 Å². The van der Waals surface area contributed by atoms with Gasteiger partial charge in [0.15, 0.2) is 0 Å². The molecule has 4 heteroatoms. The lowest BCUT2D eigenvalue weighted by Gasteiger charge is -2.18. The Kier molecular flexibility index (Phi) is 6.97. The molecule has 0 heterocycles. The Balaban J connectivity index is 2.45. The number of carboxylic acids is 1. The van der Waals surface area contributed by atoms with Crippen LogP contribution in [0.2, 0.25) is 0 Å². The summed E-state index contributed by atoms with van der Waals surface area (Å²) in [5.41, 5.74) is 2.35. The molecule has 0 atom stereocenters. The number of benzene rings is 1. The van der Waals surface area contributed by atoms with E-state index in [0.29, 0.717) is 13.0 Å². The third kappa shape index (κ3) is 6.25. The molecule has 1 rings (SSSR count). The second-order valence-corrected chi connectivity index (χ2v) is 4.59. The number of carboxylic acid groups (broad SMARTS) is 1. The molecular formula is C15H24N2O2. The number of nitrogens with zero attached hydrogens (tertiary/aromatic N) is 1. The lowest BCUT2D eigenvalue weighted by Crippen LogP contribution is -2.22. The molecule has 0 saturated carbocycles. The average molecular weight is 264 g/mol. The van der Waals surface area contributed by atoms with Crippen LogP contribution in [0.3, 0.4) is 0 Å². The first-order valence-electron chi connectivity index (χ1n) is 6.92. The van der Waals surface area contributed by atoms with Crippen LogP contribution in [0.1, 0.15) is 32.3 Å². The fraction of sp³-hybridized carbons (Fsp3) is 0.533. The van der Waals surface area contributed by atoms with Crippen molar-refractivity contribution in [3.8, 4) is 0 Å². The zero-order valence-corrected chi connectivity index (χ0v) is 11.9. The van der Waals surface area contributed by atoms with Crippen LogP contribution in [-0.2, 0) is 11.3 Å². The summed E-state index contributed by atoms with van der Waals surface area (Å²) in [4.78, 5) is 12.8. The molecule has 0 saturated heterocycles. The van der Waals surface area contributed by atoms with Crippen LogP contribution in [-0.4, -0.2) is 35.6 Å². The highest BCUT2D eigenvalue weighted by Crippen LogP contribution is 2.12. The Morgan fingerprint density at radius 3 is 2.68 bits per heavy atom. The van der Waals surface area contributed by atoms with Gasteiger partial charge < -0.3 is 10.4 Å². The van der Waals surface area contributed by atoms with Crippen LogP contribution in [0.15, 0.2) is 24.3 Å². The van der Waals surface area contributed by atoms with Crippen molar-refractivity contribution < 1.29 is 9.90 Å². The van der Waals surface area contributed by atoms with Gasteiger partial charge in [0.05, 0.1) is 0 Å². The molecule has 19 heavy (non-hydrogen) atoms. The highest BCUT2D eigenvalue weighted by molar-refractivity contribution is 5.66. The Morgan fingerprint density at radius 2 is 2.05 bits per heavy atom. The van der Waals surface area contributed by atoms with Crippen molar-refractivity contribution in [1.82, 2.24) is 4.90 Å². The summed E-state index contributed by atoms with van der Waals surface area (Å²) in [7, 11) is 0. The van der Waals surface area contributed by atoms with Gasteiger partial charge in [-0.15, -0.1) is 0 Å². The minimum atomic E-state index is -0.739. The van der Waals surface area contributed by atoms with Gasteiger partial charge in [-0.05, 0) is 37.2 Å². The normalized spacial score (nSPS) is 10.7. The molecule has 1 aromatic rings. The highest BCUT2D eigenvalue weighted by atomic mass is 16.4.